The van der Waals surface area contributed by atoms with E-state index < -0.39 is 10.0 Å². The number of aromatic nitrogens is 1. The fourth-order valence-electron chi connectivity index (χ4n) is 2.32. The molecule has 0 N–H and O–H groups in total. The van der Waals surface area contributed by atoms with E-state index in [2.05, 4.69) is 4.98 Å². The molecule has 7 heteroatoms. The molecule has 0 spiro atoms. The Balaban J connectivity index is 2.21. The highest BCUT2D eigenvalue weighted by molar-refractivity contribution is 7.88. The summed E-state index contributed by atoms with van der Waals surface area (Å²) in [5.41, 5.74) is 0.801. The van der Waals surface area contributed by atoms with Gasteiger partial charge >= 0.3 is 0 Å². The lowest BCUT2D eigenvalue weighted by Crippen LogP contribution is -2.36. The van der Waals surface area contributed by atoms with Crippen molar-refractivity contribution in [2.45, 2.75) is 6.42 Å². The SMILES string of the molecule is CN1CCN(S(C)(=O)=O)C[C@@H](Cc2ccccn2)C1=O. The van der Waals surface area contributed by atoms with Crippen LogP contribution in [0.5, 0.6) is 0 Å². The standard InChI is InChI=1S/C13H19N3O3S/c1-15-7-8-16(20(2,18)19)10-11(13(15)17)9-12-5-3-4-6-14-12/h3-6,11H,7-10H2,1-2H3/t11-/m1/s1. The first kappa shape index (κ1) is 14.9. The van der Waals surface area contributed by atoms with E-state index >= 15 is 0 Å². The van der Waals surface area contributed by atoms with Crippen molar-refractivity contribution < 1.29 is 13.2 Å². The molecule has 6 nitrogen and oxygen atoms in total. The van der Waals surface area contributed by atoms with E-state index in [-0.39, 0.29) is 18.4 Å². The Labute approximate surface area is 119 Å². The molecule has 1 aliphatic heterocycles. The summed E-state index contributed by atoms with van der Waals surface area (Å²) >= 11 is 0. The summed E-state index contributed by atoms with van der Waals surface area (Å²) in [5, 5.41) is 0. The number of pyridine rings is 1. The minimum atomic E-state index is -3.29. The highest BCUT2D eigenvalue weighted by atomic mass is 32.2. The number of hydrogen-bond acceptors (Lipinski definition) is 4. The smallest absolute Gasteiger partial charge is 0.227 e. The van der Waals surface area contributed by atoms with Gasteiger partial charge in [0, 0.05) is 45.0 Å². The van der Waals surface area contributed by atoms with E-state index in [4.69, 9.17) is 0 Å². The normalized spacial score (nSPS) is 21.8. The quantitative estimate of drug-likeness (QED) is 0.786. The van der Waals surface area contributed by atoms with Crippen molar-refractivity contribution in [1.29, 1.82) is 0 Å². The van der Waals surface area contributed by atoms with E-state index in [0.717, 1.165) is 5.69 Å². The minimum absolute atomic E-state index is 0.0261. The van der Waals surface area contributed by atoms with Crippen molar-refractivity contribution in [3.8, 4) is 0 Å². The third kappa shape index (κ3) is 3.55. The van der Waals surface area contributed by atoms with E-state index in [1.54, 1.807) is 18.1 Å². The van der Waals surface area contributed by atoms with Crippen molar-refractivity contribution in [1.82, 2.24) is 14.2 Å². The second-order valence-electron chi connectivity index (χ2n) is 5.10. The lowest BCUT2D eigenvalue weighted by Gasteiger charge is -2.20. The summed E-state index contributed by atoms with van der Waals surface area (Å²) in [6.45, 7) is 0.989. The minimum Gasteiger partial charge on any atom is -0.344 e. The molecule has 2 rings (SSSR count). The molecule has 2 heterocycles. The molecule has 0 unspecified atom stereocenters. The van der Waals surface area contributed by atoms with Gasteiger partial charge in [-0.05, 0) is 12.1 Å². The average Bonchev–Trinajstić information content (AvgIpc) is 2.53. The monoisotopic (exact) mass is 297 g/mol. The van der Waals surface area contributed by atoms with Gasteiger partial charge in [0.05, 0.1) is 12.2 Å². The molecule has 110 valence electrons. The molecule has 0 radical (unpaired) electrons. The maximum atomic E-state index is 12.3. The van der Waals surface area contributed by atoms with Crippen LogP contribution in [0.25, 0.3) is 0 Å². The van der Waals surface area contributed by atoms with E-state index in [0.29, 0.717) is 19.5 Å². The van der Waals surface area contributed by atoms with Crippen LogP contribution in [0.15, 0.2) is 24.4 Å². The fraction of sp³-hybridized carbons (Fsp3) is 0.538. The number of carbonyl (C=O) groups is 1. The molecular weight excluding hydrogens is 278 g/mol. The summed E-state index contributed by atoms with van der Waals surface area (Å²) in [5.74, 6) is -0.408. The highest BCUT2D eigenvalue weighted by Crippen LogP contribution is 2.16. The van der Waals surface area contributed by atoms with Crippen molar-refractivity contribution in [2.75, 3.05) is 32.9 Å². The Kier molecular flexibility index (Phi) is 4.39. The Hall–Kier alpha value is -1.47. The summed E-state index contributed by atoms with van der Waals surface area (Å²) < 4.78 is 24.8. The second kappa shape index (κ2) is 5.88. The zero-order valence-corrected chi connectivity index (χ0v) is 12.5. The topological polar surface area (TPSA) is 70.6 Å². The first-order valence-electron chi connectivity index (χ1n) is 6.48. The first-order chi connectivity index (χ1) is 9.38. The number of amides is 1. The van der Waals surface area contributed by atoms with Crippen LogP contribution in [0.2, 0.25) is 0 Å². The van der Waals surface area contributed by atoms with Crippen LogP contribution in [0.1, 0.15) is 5.69 Å². The van der Waals surface area contributed by atoms with E-state index in [1.807, 2.05) is 18.2 Å². The maximum Gasteiger partial charge on any atom is 0.227 e. The number of rotatable bonds is 3. The lowest BCUT2D eigenvalue weighted by atomic mass is 10.0. The Morgan fingerprint density at radius 1 is 1.35 bits per heavy atom. The molecule has 1 amide bonds. The van der Waals surface area contributed by atoms with Crippen LogP contribution in [-0.4, -0.2) is 61.5 Å². The average molecular weight is 297 g/mol. The zero-order valence-electron chi connectivity index (χ0n) is 11.7. The van der Waals surface area contributed by atoms with Crippen LogP contribution in [0.3, 0.4) is 0 Å². The number of hydrogen-bond donors (Lipinski definition) is 0. The molecule has 1 fully saturated rings. The fourth-order valence-corrected chi connectivity index (χ4v) is 3.19. The number of carbonyl (C=O) groups excluding carboxylic acids is 1. The van der Waals surface area contributed by atoms with Gasteiger partial charge in [-0.3, -0.25) is 9.78 Å². The number of likely N-dealkylation sites (N-methyl/N-ethyl adjacent to an activating group) is 1. The molecular formula is C13H19N3O3S. The van der Waals surface area contributed by atoms with Gasteiger partial charge in [0.2, 0.25) is 15.9 Å². The van der Waals surface area contributed by atoms with Gasteiger partial charge in [0.15, 0.2) is 0 Å². The largest absolute Gasteiger partial charge is 0.344 e. The van der Waals surface area contributed by atoms with Gasteiger partial charge in [-0.15, -0.1) is 0 Å². The molecule has 0 aliphatic carbocycles. The molecule has 1 aromatic heterocycles. The van der Waals surface area contributed by atoms with Crippen LogP contribution in [0, 0.1) is 5.92 Å². The molecule has 1 aromatic rings. The van der Waals surface area contributed by atoms with Crippen LogP contribution >= 0.6 is 0 Å². The van der Waals surface area contributed by atoms with Gasteiger partial charge in [-0.2, -0.15) is 4.31 Å². The van der Waals surface area contributed by atoms with E-state index in [1.165, 1.54) is 10.6 Å². The maximum absolute atomic E-state index is 12.3. The van der Waals surface area contributed by atoms with Crippen molar-refractivity contribution in [2.24, 2.45) is 5.92 Å². The van der Waals surface area contributed by atoms with Crippen molar-refractivity contribution >= 4 is 15.9 Å². The highest BCUT2D eigenvalue weighted by Gasteiger charge is 2.32. The molecule has 0 bridgehead atoms. The molecule has 0 saturated carbocycles. The second-order valence-corrected chi connectivity index (χ2v) is 7.09. The molecule has 1 saturated heterocycles. The summed E-state index contributed by atoms with van der Waals surface area (Å²) in [4.78, 5) is 18.1. The van der Waals surface area contributed by atoms with E-state index in [9.17, 15) is 13.2 Å². The first-order valence-corrected chi connectivity index (χ1v) is 8.33. The number of nitrogens with zero attached hydrogens (tertiary/aromatic N) is 3. The van der Waals surface area contributed by atoms with Crippen LogP contribution < -0.4 is 0 Å². The van der Waals surface area contributed by atoms with Gasteiger partial charge in [0.25, 0.3) is 0 Å². The zero-order chi connectivity index (χ0) is 14.8. The summed E-state index contributed by atoms with van der Waals surface area (Å²) in [6.07, 6.45) is 3.31. The number of sulfonamides is 1. The third-order valence-corrected chi connectivity index (χ3v) is 4.75. The van der Waals surface area contributed by atoms with Crippen molar-refractivity contribution in [3.05, 3.63) is 30.1 Å². The summed E-state index contributed by atoms with van der Waals surface area (Å²) in [7, 11) is -1.58. The predicted molar refractivity (Wildman–Crippen MR) is 75.5 cm³/mol. The Bertz CT molecular complexity index is 574. The van der Waals surface area contributed by atoms with Gasteiger partial charge in [-0.25, -0.2) is 8.42 Å². The van der Waals surface area contributed by atoms with Crippen LogP contribution in [0.4, 0.5) is 0 Å². The Morgan fingerprint density at radius 2 is 2.10 bits per heavy atom. The van der Waals surface area contributed by atoms with Crippen LogP contribution in [-0.2, 0) is 21.2 Å². The van der Waals surface area contributed by atoms with Gasteiger partial charge in [-0.1, -0.05) is 6.07 Å². The third-order valence-electron chi connectivity index (χ3n) is 3.48. The molecule has 1 aliphatic rings. The predicted octanol–water partition coefficient (Wildman–Crippen LogP) is -0.0261. The lowest BCUT2D eigenvalue weighted by molar-refractivity contribution is -0.133. The van der Waals surface area contributed by atoms with Gasteiger partial charge < -0.3 is 4.90 Å². The van der Waals surface area contributed by atoms with Gasteiger partial charge in [0.1, 0.15) is 0 Å². The molecule has 1 atom stereocenters. The summed E-state index contributed by atoms with van der Waals surface area (Å²) in [6, 6.07) is 5.53. The van der Waals surface area contributed by atoms with Crippen molar-refractivity contribution in [3.63, 3.8) is 0 Å². The molecule has 0 aromatic carbocycles. The Morgan fingerprint density at radius 3 is 2.70 bits per heavy atom. The molecule has 20 heavy (non-hydrogen) atoms.